The number of hydrogen-bond donors (Lipinski definition) is 0. The monoisotopic (exact) mass is 410 g/mol. The summed E-state index contributed by atoms with van der Waals surface area (Å²) in [6, 6.07) is 7.39. The lowest BCUT2D eigenvalue weighted by Crippen LogP contribution is -2.31. The summed E-state index contributed by atoms with van der Waals surface area (Å²) in [7, 11) is -3.04. The summed E-state index contributed by atoms with van der Waals surface area (Å²) in [5.74, 6) is 0.933. The van der Waals surface area contributed by atoms with Gasteiger partial charge in [-0.05, 0) is 43.4 Å². The topological polar surface area (TPSA) is 69.0 Å². The van der Waals surface area contributed by atoms with Crippen LogP contribution >= 0.6 is 23.4 Å². The van der Waals surface area contributed by atoms with Crippen molar-refractivity contribution in [3.8, 4) is 0 Å². The number of benzene rings is 1. The van der Waals surface area contributed by atoms with Crippen molar-refractivity contribution in [3.63, 3.8) is 0 Å². The lowest BCUT2D eigenvalue weighted by Gasteiger charge is -2.18. The van der Waals surface area contributed by atoms with E-state index in [9.17, 15) is 13.2 Å². The lowest BCUT2D eigenvalue weighted by molar-refractivity contribution is 0.502. The molecule has 1 aromatic carbocycles. The van der Waals surface area contributed by atoms with Crippen LogP contribution in [0.5, 0.6) is 0 Å². The van der Waals surface area contributed by atoms with Crippen LogP contribution in [0.1, 0.15) is 35.7 Å². The van der Waals surface area contributed by atoms with Gasteiger partial charge in [0.25, 0.3) is 0 Å². The third-order valence-corrected chi connectivity index (χ3v) is 8.09. The Kier molecular flexibility index (Phi) is 4.88. The molecule has 0 N–H and O–H groups in total. The summed E-state index contributed by atoms with van der Waals surface area (Å²) in [6.45, 7) is 0. The Morgan fingerprint density at radius 3 is 2.69 bits per heavy atom. The van der Waals surface area contributed by atoms with Gasteiger partial charge < -0.3 is 0 Å². The first-order chi connectivity index (χ1) is 12.4. The second-order valence-corrected chi connectivity index (χ2v) is 10.4. The molecule has 138 valence electrons. The standard InChI is InChI=1S/C18H19ClN2O3S2/c19-13-6-4-12(5-7-13)10-25-17-15-2-1-3-16(15)21(18(22)20-17)14-8-9-26(23,24)11-14/h4-7,14H,1-3,8-11H2. The van der Waals surface area contributed by atoms with Crippen LogP contribution in [0.25, 0.3) is 0 Å². The van der Waals surface area contributed by atoms with E-state index >= 15 is 0 Å². The maximum Gasteiger partial charge on any atom is 0.349 e. The van der Waals surface area contributed by atoms with Crippen LogP contribution < -0.4 is 5.69 Å². The SMILES string of the molecule is O=c1nc(SCc2ccc(Cl)cc2)c2c(n1C1CCS(=O)(=O)C1)CCC2. The van der Waals surface area contributed by atoms with Crippen molar-refractivity contribution in [2.24, 2.45) is 0 Å². The zero-order chi connectivity index (χ0) is 18.3. The molecule has 0 saturated carbocycles. The van der Waals surface area contributed by atoms with E-state index in [0.29, 0.717) is 11.4 Å². The van der Waals surface area contributed by atoms with Crippen LogP contribution in [0.15, 0.2) is 34.1 Å². The fourth-order valence-corrected chi connectivity index (χ4v) is 6.61. The average Bonchev–Trinajstić information content (AvgIpc) is 3.20. The van der Waals surface area contributed by atoms with Crippen molar-refractivity contribution in [3.05, 3.63) is 56.6 Å². The van der Waals surface area contributed by atoms with E-state index in [2.05, 4.69) is 4.98 Å². The van der Waals surface area contributed by atoms with Crippen LogP contribution in [0.2, 0.25) is 5.02 Å². The molecular formula is C18H19ClN2O3S2. The third kappa shape index (κ3) is 3.57. The first-order valence-electron chi connectivity index (χ1n) is 8.65. The Labute approximate surface area is 161 Å². The average molecular weight is 411 g/mol. The number of fused-ring (bicyclic) bond motifs is 1. The Bertz CT molecular complexity index is 1000. The zero-order valence-corrected chi connectivity index (χ0v) is 16.5. The maximum absolute atomic E-state index is 12.7. The fraction of sp³-hybridized carbons (Fsp3) is 0.444. The molecule has 1 atom stereocenters. The van der Waals surface area contributed by atoms with Gasteiger partial charge >= 0.3 is 5.69 Å². The highest BCUT2D eigenvalue weighted by atomic mass is 35.5. The fourth-order valence-electron chi connectivity index (χ4n) is 3.75. The van der Waals surface area contributed by atoms with Gasteiger partial charge in [-0.3, -0.25) is 4.57 Å². The van der Waals surface area contributed by atoms with E-state index in [1.54, 1.807) is 16.3 Å². The van der Waals surface area contributed by atoms with E-state index in [4.69, 9.17) is 11.6 Å². The number of rotatable bonds is 4. The summed E-state index contributed by atoms with van der Waals surface area (Å²) in [4.78, 5) is 17.0. The van der Waals surface area contributed by atoms with E-state index < -0.39 is 9.84 Å². The van der Waals surface area contributed by atoms with Gasteiger partial charge in [0, 0.05) is 22.0 Å². The molecule has 8 heteroatoms. The normalized spacial score (nSPS) is 21.0. The smallest absolute Gasteiger partial charge is 0.292 e. The second-order valence-electron chi connectivity index (χ2n) is 6.82. The summed E-state index contributed by atoms with van der Waals surface area (Å²) in [5.41, 5.74) is 2.92. The molecule has 1 aromatic heterocycles. The van der Waals surface area contributed by atoms with Crippen LogP contribution in [-0.4, -0.2) is 29.5 Å². The van der Waals surface area contributed by atoms with Crippen molar-refractivity contribution in [1.82, 2.24) is 9.55 Å². The Morgan fingerprint density at radius 1 is 1.23 bits per heavy atom. The predicted molar refractivity (Wildman–Crippen MR) is 104 cm³/mol. The molecule has 1 saturated heterocycles. The highest BCUT2D eigenvalue weighted by Gasteiger charge is 2.33. The van der Waals surface area contributed by atoms with Gasteiger partial charge in [-0.25, -0.2) is 13.2 Å². The van der Waals surface area contributed by atoms with Gasteiger partial charge in [-0.15, -0.1) is 11.8 Å². The minimum atomic E-state index is -3.04. The molecule has 1 unspecified atom stereocenters. The van der Waals surface area contributed by atoms with Crippen molar-refractivity contribution < 1.29 is 8.42 Å². The first kappa shape index (κ1) is 18.1. The first-order valence-corrected chi connectivity index (χ1v) is 11.8. The number of halogens is 1. The molecule has 0 amide bonds. The van der Waals surface area contributed by atoms with Gasteiger partial charge in [-0.2, -0.15) is 4.98 Å². The summed E-state index contributed by atoms with van der Waals surface area (Å²) in [6.07, 6.45) is 3.20. The van der Waals surface area contributed by atoms with E-state index in [-0.39, 0.29) is 23.2 Å². The van der Waals surface area contributed by atoms with Crippen molar-refractivity contribution >= 4 is 33.2 Å². The molecule has 2 aliphatic rings. The molecule has 2 heterocycles. The number of hydrogen-bond acceptors (Lipinski definition) is 5. The minimum absolute atomic E-state index is 0.0539. The molecule has 0 radical (unpaired) electrons. The van der Waals surface area contributed by atoms with E-state index in [1.165, 1.54) is 0 Å². The Morgan fingerprint density at radius 2 is 2.00 bits per heavy atom. The molecule has 4 rings (SSSR count). The minimum Gasteiger partial charge on any atom is -0.292 e. The highest BCUT2D eigenvalue weighted by molar-refractivity contribution is 7.98. The molecule has 1 fully saturated rings. The third-order valence-electron chi connectivity index (χ3n) is 5.00. The second kappa shape index (κ2) is 7.02. The van der Waals surface area contributed by atoms with Crippen LogP contribution in [0.4, 0.5) is 0 Å². The number of aromatic nitrogens is 2. The molecule has 1 aliphatic heterocycles. The quantitative estimate of drug-likeness (QED) is 0.572. The van der Waals surface area contributed by atoms with Crippen LogP contribution in [0, 0.1) is 0 Å². The summed E-state index contributed by atoms with van der Waals surface area (Å²) >= 11 is 7.48. The Balaban J connectivity index is 1.64. The molecule has 0 bridgehead atoms. The van der Waals surface area contributed by atoms with Gasteiger partial charge in [-0.1, -0.05) is 23.7 Å². The molecule has 1 aliphatic carbocycles. The molecule has 0 spiro atoms. The van der Waals surface area contributed by atoms with Crippen LogP contribution in [-0.2, 0) is 28.4 Å². The molecule has 26 heavy (non-hydrogen) atoms. The number of thioether (sulfide) groups is 1. The Hall–Kier alpha value is -1.31. The lowest BCUT2D eigenvalue weighted by atomic mass is 10.2. The highest BCUT2D eigenvalue weighted by Crippen LogP contribution is 2.34. The summed E-state index contributed by atoms with van der Waals surface area (Å²) in [5, 5.41) is 1.49. The van der Waals surface area contributed by atoms with Gasteiger partial charge in [0.1, 0.15) is 5.03 Å². The van der Waals surface area contributed by atoms with Crippen molar-refractivity contribution in [2.45, 2.75) is 42.5 Å². The number of nitrogens with zero attached hydrogens (tertiary/aromatic N) is 2. The molecule has 5 nitrogen and oxygen atoms in total. The van der Waals surface area contributed by atoms with E-state index in [1.807, 2.05) is 24.3 Å². The van der Waals surface area contributed by atoms with E-state index in [0.717, 1.165) is 46.9 Å². The maximum atomic E-state index is 12.7. The molecule has 2 aromatic rings. The largest absolute Gasteiger partial charge is 0.349 e. The van der Waals surface area contributed by atoms with Crippen molar-refractivity contribution in [2.75, 3.05) is 11.5 Å². The summed E-state index contributed by atoms with van der Waals surface area (Å²) < 4.78 is 25.3. The molecular weight excluding hydrogens is 392 g/mol. The number of sulfone groups is 1. The van der Waals surface area contributed by atoms with Crippen LogP contribution in [0.3, 0.4) is 0 Å². The predicted octanol–water partition coefficient (Wildman–Crippen LogP) is 3.04. The zero-order valence-electron chi connectivity index (χ0n) is 14.2. The van der Waals surface area contributed by atoms with Gasteiger partial charge in [0.15, 0.2) is 9.84 Å². The van der Waals surface area contributed by atoms with Gasteiger partial charge in [0.2, 0.25) is 0 Å². The van der Waals surface area contributed by atoms with Crippen molar-refractivity contribution in [1.29, 1.82) is 0 Å². The van der Waals surface area contributed by atoms with Gasteiger partial charge in [0.05, 0.1) is 17.5 Å².